The van der Waals surface area contributed by atoms with Crippen LogP contribution in [0.5, 0.6) is 5.75 Å². The monoisotopic (exact) mass is 322 g/mol. The molecule has 0 radical (unpaired) electrons. The van der Waals surface area contributed by atoms with Gasteiger partial charge in [-0.05, 0) is 45.8 Å². The lowest BCUT2D eigenvalue weighted by molar-refractivity contribution is -0.385. The Hall–Kier alpha value is -2.15. The minimum atomic E-state index is -0.746. The van der Waals surface area contributed by atoms with E-state index in [-0.39, 0.29) is 17.7 Å². The topological polar surface area (TPSA) is 92.9 Å². The van der Waals surface area contributed by atoms with Crippen molar-refractivity contribution in [2.45, 2.75) is 39.3 Å². The van der Waals surface area contributed by atoms with Crippen molar-refractivity contribution >= 4 is 11.7 Å². The van der Waals surface area contributed by atoms with E-state index in [0.29, 0.717) is 38.2 Å². The third-order valence-corrected chi connectivity index (χ3v) is 3.95. The van der Waals surface area contributed by atoms with Crippen molar-refractivity contribution in [1.29, 1.82) is 0 Å². The van der Waals surface area contributed by atoms with Gasteiger partial charge in [0.05, 0.1) is 16.9 Å². The second-order valence-electron chi connectivity index (χ2n) is 6.10. The summed E-state index contributed by atoms with van der Waals surface area (Å²) in [6, 6.07) is 4.62. The number of carboxylic acids is 1. The van der Waals surface area contributed by atoms with Gasteiger partial charge in [-0.1, -0.05) is 0 Å². The van der Waals surface area contributed by atoms with Gasteiger partial charge >= 0.3 is 5.97 Å². The minimum Gasteiger partial charge on any atom is -0.491 e. The first-order valence-corrected chi connectivity index (χ1v) is 7.76. The van der Waals surface area contributed by atoms with E-state index in [4.69, 9.17) is 9.84 Å². The Balaban J connectivity index is 2.12. The molecule has 0 spiro atoms. The van der Waals surface area contributed by atoms with Gasteiger partial charge in [-0.2, -0.15) is 0 Å². The van der Waals surface area contributed by atoms with E-state index >= 15 is 0 Å². The van der Waals surface area contributed by atoms with Crippen molar-refractivity contribution in [3.8, 4) is 5.75 Å². The number of hydrogen-bond donors (Lipinski definition) is 1. The second-order valence-corrected chi connectivity index (χ2v) is 6.10. The molecule has 126 valence electrons. The predicted molar refractivity (Wildman–Crippen MR) is 84.5 cm³/mol. The molecule has 1 fully saturated rings. The van der Waals surface area contributed by atoms with Gasteiger partial charge in [0.2, 0.25) is 0 Å². The van der Waals surface area contributed by atoms with Gasteiger partial charge in [0.1, 0.15) is 5.75 Å². The molecule has 0 unspecified atom stereocenters. The van der Waals surface area contributed by atoms with Gasteiger partial charge in [0.25, 0.3) is 5.69 Å². The van der Waals surface area contributed by atoms with Gasteiger partial charge in [0, 0.05) is 24.2 Å². The predicted octanol–water partition coefficient (Wildman–Crippen LogP) is 2.68. The Morgan fingerprint density at radius 1 is 1.43 bits per heavy atom. The number of aliphatic carboxylic acids is 1. The maximum absolute atomic E-state index is 11.0. The van der Waals surface area contributed by atoms with Crippen LogP contribution in [0.4, 0.5) is 5.69 Å². The first kappa shape index (κ1) is 17.2. The van der Waals surface area contributed by atoms with Crippen molar-refractivity contribution in [3.63, 3.8) is 0 Å². The number of hydrogen-bond acceptors (Lipinski definition) is 5. The van der Waals surface area contributed by atoms with Crippen molar-refractivity contribution in [3.05, 3.63) is 33.9 Å². The van der Waals surface area contributed by atoms with Gasteiger partial charge < -0.3 is 9.84 Å². The molecule has 0 aromatic heterocycles. The van der Waals surface area contributed by atoms with Crippen LogP contribution in [-0.4, -0.2) is 40.1 Å². The highest BCUT2D eigenvalue weighted by atomic mass is 16.6. The maximum Gasteiger partial charge on any atom is 0.306 e. The van der Waals surface area contributed by atoms with Crippen LogP contribution in [0.25, 0.3) is 0 Å². The molecule has 2 rings (SSSR count). The van der Waals surface area contributed by atoms with Crippen LogP contribution < -0.4 is 4.74 Å². The lowest BCUT2D eigenvalue weighted by Crippen LogP contribution is -2.36. The summed E-state index contributed by atoms with van der Waals surface area (Å²) in [7, 11) is 0. The van der Waals surface area contributed by atoms with E-state index in [1.807, 2.05) is 13.8 Å². The normalized spacial score (nSPS) is 16.5. The quantitative estimate of drug-likeness (QED) is 0.639. The molecule has 1 aromatic rings. The molecule has 0 bridgehead atoms. The van der Waals surface area contributed by atoms with Crippen LogP contribution in [0, 0.1) is 16.0 Å². The molecule has 0 aliphatic carbocycles. The third-order valence-electron chi connectivity index (χ3n) is 3.95. The molecule has 0 saturated carbocycles. The van der Waals surface area contributed by atoms with E-state index in [1.165, 1.54) is 6.07 Å². The fourth-order valence-electron chi connectivity index (χ4n) is 2.75. The minimum absolute atomic E-state index is 0.0204. The molecule has 7 nitrogen and oxygen atoms in total. The van der Waals surface area contributed by atoms with Gasteiger partial charge in [-0.15, -0.1) is 0 Å². The van der Waals surface area contributed by atoms with Crippen LogP contribution in [-0.2, 0) is 11.3 Å². The fraction of sp³-hybridized carbons (Fsp3) is 0.562. The van der Waals surface area contributed by atoms with Crippen LogP contribution in [0.1, 0.15) is 32.3 Å². The summed E-state index contributed by atoms with van der Waals surface area (Å²) in [5.41, 5.74) is 0.804. The molecule has 7 heteroatoms. The zero-order valence-electron chi connectivity index (χ0n) is 13.4. The van der Waals surface area contributed by atoms with E-state index in [9.17, 15) is 14.9 Å². The zero-order chi connectivity index (χ0) is 17.0. The van der Waals surface area contributed by atoms with Crippen LogP contribution in [0.2, 0.25) is 0 Å². The lowest BCUT2D eigenvalue weighted by Gasteiger charge is -2.30. The molecule has 23 heavy (non-hydrogen) atoms. The van der Waals surface area contributed by atoms with Crippen molar-refractivity contribution in [2.24, 2.45) is 5.92 Å². The number of ether oxygens (including phenoxy) is 1. The number of piperidine rings is 1. The molecule has 0 atom stereocenters. The summed E-state index contributed by atoms with van der Waals surface area (Å²) >= 11 is 0. The zero-order valence-corrected chi connectivity index (χ0v) is 13.4. The maximum atomic E-state index is 11.0. The number of non-ortho nitro benzene ring substituents is 1. The number of likely N-dealkylation sites (tertiary alicyclic amines) is 1. The van der Waals surface area contributed by atoms with Crippen molar-refractivity contribution < 1.29 is 19.6 Å². The molecule has 1 aromatic carbocycles. The molecular weight excluding hydrogens is 300 g/mol. The molecule has 1 heterocycles. The summed E-state index contributed by atoms with van der Waals surface area (Å²) in [6.07, 6.45) is 1.18. The number of nitrogens with zero attached hydrogens (tertiary/aromatic N) is 2. The Morgan fingerprint density at radius 3 is 2.61 bits per heavy atom. The summed E-state index contributed by atoms with van der Waals surface area (Å²) < 4.78 is 5.74. The van der Waals surface area contributed by atoms with Gasteiger partial charge in [0.15, 0.2) is 0 Å². The second kappa shape index (κ2) is 7.41. The van der Waals surface area contributed by atoms with E-state index in [1.54, 1.807) is 12.1 Å². The smallest absolute Gasteiger partial charge is 0.306 e. The van der Waals surface area contributed by atoms with E-state index < -0.39 is 10.9 Å². The molecule has 1 aliphatic rings. The first-order valence-electron chi connectivity index (χ1n) is 7.76. The molecule has 1 saturated heterocycles. The number of rotatable bonds is 6. The Labute approximate surface area is 135 Å². The highest BCUT2D eigenvalue weighted by Crippen LogP contribution is 2.28. The molecular formula is C16H22N2O5. The summed E-state index contributed by atoms with van der Waals surface area (Å²) in [4.78, 5) is 23.7. The Morgan fingerprint density at radius 2 is 2.09 bits per heavy atom. The number of nitro benzene ring substituents is 1. The first-order chi connectivity index (χ1) is 10.9. The van der Waals surface area contributed by atoms with Crippen molar-refractivity contribution in [1.82, 2.24) is 4.90 Å². The average Bonchev–Trinajstić information content (AvgIpc) is 2.49. The fourth-order valence-corrected chi connectivity index (χ4v) is 2.75. The van der Waals surface area contributed by atoms with Crippen LogP contribution >= 0.6 is 0 Å². The molecule has 1 N–H and O–H groups in total. The highest BCUT2D eigenvalue weighted by molar-refractivity contribution is 5.70. The Bertz CT molecular complexity index is 580. The molecule has 0 amide bonds. The molecule has 1 aliphatic heterocycles. The number of benzene rings is 1. The Kier molecular flexibility index (Phi) is 5.54. The number of carboxylic acid groups (broad SMARTS) is 1. The van der Waals surface area contributed by atoms with Crippen LogP contribution in [0.3, 0.4) is 0 Å². The largest absolute Gasteiger partial charge is 0.491 e. The average molecular weight is 322 g/mol. The summed E-state index contributed by atoms with van der Waals surface area (Å²) in [5, 5.41) is 20.0. The highest BCUT2D eigenvalue weighted by Gasteiger charge is 2.25. The lowest BCUT2D eigenvalue weighted by atomic mass is 9.96. The summed E-state index contributed by atoms with van der Waals surface area (Å²) in [5.74, 6) is -0.391. The van der Waals surface area contributed by atoms with Gasteiger partial charge in [-0.3, -0.25) is 19.8 Å². The van der Waals surface area contributed by atoms with Crippen LogP contribution in [0.15, 0.2) is 18.2 Å². The third kappa shape index (κ3) is 4.66. The SMILES string of the molecule is CC(C)Oc1ccc([N+](=O)[O-])cc1CN1CCC(C(=O)O)CC1. The number of carbonyl (C=O) groups is 1. The number of nitro groups is 1. The van der Waals surface area contributed by atoms with Gasteiger partial charge in [-0.25, -0.2) is 0 Å². The standard InChI is InChI=1S/C16H22N2O5/c1-11(2)23-15-4-3-14(18(21)22)9-13(15)10-17-7-5-12(6-8-17)16(19)20/h3-4,9,11-12H,5-8,10H2,1-2H3,(H,19,20). The van der Waals surface area contributed by atoms with E-state index in [0.717, 1.165) is 5.56 Å². The summed E-state index contributed by atoms with van der Waals surface area (Å²) in [6.45, 7) is 5.67. The van der Waals surface area contributed by atoms with E-state index in [2.05, 4.69) is 4.90 Å². The van der Waals surface area contributed by atoms with Crippen molar-refractivity contribution in [2.75, 3.05) is 13.1 Å².